The first-order valence-electron chi connectivity index (χ1n) is 5.40. The number of amides is 1. The van der Waals surface area contributed by atoms with Crippen molar-refractivity contribution in [3.8, 4) is 0 Å². The lowest BCUT2D eigenvalue weighted by atomic mass is 10.1. The van der Waals surface area contributed by atoms with Crippen molar-refractivity contribution in [2.75, 3.05) is 11.4 Å². The van der Waals surface area contributed by atoms with Gasteiger partial charge in [0.15, 0.2) is 0 Å². The van der Waals surface area contributed by atoms with E-state index in [1.807, 2.05) is 0 Å². The summed E-state index contributed by atoms with van der Waals surface area (Å²) in [4.78, 5) is 23.5. The minimum atomic E-state index is -4.28. The molecule has 0 aromatic heterocycles. The van der Waals surface area contributed by atoms with E-state index >= 15 is 0 Å². The Bertz CT molecular complexity index is 621. The van der Waals surface area contributed by atoms with Crippen LogP contribution in [0.3, 0.4) is 0 Å². The third kappa shape index (κ3) is 2.74. The van der Waals surface area contributed by atoms with E-state index in [2.05, 4.69) is 0 Å². The highest BCUT2D eigenvalue weighted by molar-refractivity contribution is 7.85. The summed E-state index contributed by atoms with van der Waals surface area (Å²) in [5.74, 6) is -2.12. The van der Waals surface area contributed by atoms with Crippen LogP contribution in [-0.2, 0) is 19.7 Å². The van der Waals surface area contributed by atoms with Crippen LogP contribution in [0.5, 0.6) is 0 Å². The maximum absolute atomic E-state index is 11.7. The number of carboxylic acid groups (broad SMARTS) is 1. The zero-order chi connectivity index (χ0) is 14.2. The Labute approximate surface area is 109 Å². The number of carbonyl (C=O) groups is 2. The van der Waals surface area contributed by atoms with Gasteiger partial charge >= 0.3 is 5.97 Å². The number of hydrogen-bond donors (Lipinski definition) is 2. The normalized spacial score (nSPS) is 19.7. The van der Waals surface area contributed by atoms with Crippen molar-refractivity contribution in [1.82, 2.24) is 0 Å². The van der Waals surface area contributed by atoms with Gasteiger partial charge in [-0.05, 0) is 24.3 Å². The van der Waals surface area contributed by atoms with Gasteiger partial charge in [-0.3, -0.25) is 14.1 Å². The Morgan fingerprint density at radius 3 is 2.26 bits per heavy atom. The first kappa shape index (κ1) is 13.5. The van der Waals surface area contributed by atoms with E-state index in [1.165, 1.54) is 17.0 Å². The van der Waals surface area contributed by atoms with Crippen LogP contribution >= 0.6 is 0 Å². The first-order chi connectivity index (χ1) is 8.79. The molecule has 1 amide bonds. The van der Waals surface area contributed by atoms with Crippen LogP contribution in [0, 0.1) is 5.92 Å². The van der Waals surface area contributed by atoms with E-state index in [4.69, 9.17) is 9.66 Å². The molecule has 1 heterocycles. The third-order valence-electron chi connectivity index (χ3n) is 2.92. The molecule has 2 N–H and O–H groups in total. The molecule has 1 saturated heterocycles. The van der Waals surface area contributed by atoms with Gasteiger partial charge in [-0.15, -0.1) is 0 Å². The van der Waals surface area contributed by atoms with Crippen molar-refractivity contribution in [3.05, 3.63) is 24.3 Å². The molecule has 0 radical (unpaired) electrons. The zero-order valence-corrected chi connectivity index (χ0v) is 10.5. The second kappa shape index (κ2) is 4.63. The lowest BCUT2D eigenvalue weighted by molar-refractivity contribution is -0.141. The van der Waals surface area contributed by atoms with Crippen LogP contribution in [-0.4, -0.2) is 36.5 Å². The van der Waals surface area contributed by atoms with E-state index in [1.54, 1.807) is 0 Å². The van der Waals surface area contributed by atoms with Gasteiger partial charge in [0.05, 0.1) is 10.8 Å². The number of nitrogens with zero attached hydrogens (tertiary/aromatic N) is 1. The molecule has 102 valence electrons. The number of carbonyl (C=O) groups excluding carboxylic acids is 1. The molecule has 7 nitrogen and oxygen atoms in total. The van der Waals surface area contributed by atoms with Gasteiger partial charge in [0.25, 0.3) is 10.1 Å². The van der Waals surface area contributed by atoms with Crippen LogP contribution < -0.4 is 4.90 Å². The number of aliphatic carboxylic acids is 1. The van der Waals surface area contributed by atoms with Crippen LogP contribution in [0.4, 0.5) is 5.69 Å². The lowest BCUT2D eigenvalue weighted by Gasteiger charge is -2.16. The average Bonchev–Trinajstić information content (AvgIpc) is 2.70. The second-order valence-electron chi connectivity index (χ2n) is 4.21. The van der Waals surface area contributed by atoms with Crippen LogP contribution in [0.2, 0.25) is 0 Å². The summed E-state index contributed by atoms with van der Waals surface area (Å²) < 4.78 is 30.6. The number of anilines is 1. The van der Waals surface area contributed by atoms with Crippen LogP contribution in [0.15, 0.2) is 29.2 Å². The molecular formula is C11H11NO6S. The molecule has 1 atom stereocenters. The predicted octanol–water partition coefficient (Wildman–Crippen LogP) is 0.371. The molecular weight excluding hydrogens is 274 g/mol. The van der Waals surface area contributed by atoms with Gasteiger partial charge in [-0.1, -0.05) is 0 Å². The van der Waals surface area contributed by atoms with Crippen molar-refractivity contribution in [2.45, 2.75) is 11.3 Å². The third-order valence-corrected chi connectivity index (χ3v) is 3.79. The fourth-order valence-corrected chi connectivity index (χ4v) is 2.40. The largest absolute Gasteiger partial charge is 0.481 e. The summed E-state index contributed by atoms with van der Waals surface area (Å²) in [6.45, 7) is 0.0549. The molecule has 19 heavy (non-hydrogen) atoms. The Kier molecular flexibility index (Phi) is 3.29. The monoisotopic (exact) mass is 285 g/mol. The van der Waals surface area contributed by atoms with Crippen LogP contribution in [0.25, 0.3) is 0 Å². The molecule has 0 bridgehead atoms. The topological polar surface area (TPSA) is 112 Å². The molecule has 1 aromatic rings. The van der Waals surface area contributed by atoms with Gasteiger partial charge in [0, 0.05) is 18.7 Å². The number of benzene rings is 1. The standard InChI is InChI=1S/C11H11NO6S/c13-10-5-7(11(14)15)6-12(10)8-1-3-9(4-2-8)19(16,17)18/h1-4,7H,5-6H2,(H,14,15)(H,16,17,18)/t7-/m0/s1. The Balaban J connectivity index is 2.24. The van der Waals surface area contributed by atoms with Crippen LogP contribution in [0.1, 0.15) is 6.42 Å². The summed E-state index contributed by atoms with van der Waals surface area (Å²) >= 11 is 0. The molecule has 0 aliphatic carbocycles. The molecule has 1 aliphatic rings. The quantitative estimate of drug-likeness (QED) is 0.776. The van der Waals surface area contributed by atoms with Gasteiger partial charge in [0.1, 0.15) is 0 Å². The average molecular weight is 285 g/mol. The number of carboxylic acids is 1. The molecule has 0 spiro atoms. The first-order valence-corrected chi connectivity index (χ1v) is 6.84. The maximum atomic E-state index is 11.7. The molecule has 1 fully saturated rings. The van der Waals surface area contributed by atoms with Gasteiger partial charge in [-0.2, -0.15) is 8.42 Å². The number of hydrogen-bond acceptors (Lipinski definition) is 4. The highest BCUT2D eigenvalue weighted by Gasteiger charge is 2.35. The molecule has 1 aliphatic heterocycles. The van der Waals surface area contributed by atoms with Gasteiger partial charge in [-0.25, -0.2) is 0 Å². The van der Waals surface area contributed by atoms with E-state index in [0.717, 1.165) is 12.1 Å². The van der Waals surface area contributed by atoms with Crippen molar-refractivity contribution >= 4 is 27.7 Å². The second-order valence-corrected chi connectivity index (χ2v) is 5.63. The smallest absolute Gasteiger partial charge is 0.308 e. The minimum Gasteiger partial charge on any atom is -0.481 e. The maximum Gasteiger partial charge on any atom is 0.308 e. The summed E-state index contributed by atoms with van der Waals surface area (Å²) in [5.41, 5.74) is 0.404. The zero-order valence-electron chi connectivity index (χ0n) is 9.68. The Hall–Kier alpha value is -1.93. The fraction of sp³-hybridized carbons (Fsp3) is 0.273. The summed E-state index contributed by atoms with van der Waals surface area (Å²) in [7, 11) is -4.28. The van der Waals surface area contributed by atoms with E-state index < -0.39 is 22.0 Å². The van der Waals surface area contributed by atoms with Crippen molar-refractivity contribution in [3.63, 3.8) is 0 Å². The van der Waals surface area contributed by atoms with Gasteiger partial charge < -0.3 is 10.0 Å². The Morgan fingerprint density at radius 2 is 1.84 bits per heavy atom. The lowest BCUT2D eigenvalue weighted by Crippen LogP contribution is -2.25. The molecule has 2 rings (SSSR count). The minimum absolute atomic E-state index is 0.0549. The Morgan fingerprint density at radius 1 is 1.26 bits per heavy atom. The SMILES string of the molecule is O=C(O)[C@H]1CC(=O)N(c2ccc(S(=O)(=O)O)cc2)C1. The highest BCUT2D eigenvalue weighted by atomic mass is 32.2. The summed E-state index contributed by atoms with van der Waals surface area (Å²) in [5, 5.41) is 8.86. The van der Waals surface area contributed by atoms with E-state index in [-0.39, 0.29) is 23.8 Å². The van der Waals surface area contributed by atoms with Gasteiger partial charge in [0.2, 0.25) is 5.91 Å². The molecule has 0 saturated carbocycles. The summed E-state index contributed by atoms with van der Waals surface area (Å²) in [6.07, 6.45) is -0.0740. The van der Waals surface area contributed by atoms with E-state index in [9.17, 15) is 18.0 Å². The number of rotatable bonds is 3. The molecule has 0 unspecified atom stereocenters. The summed E-state index contributed by atoms with van der Waals surface area (Å²) in [6, 6.07) is 5.02. The van der Waals surface area contributed by atoms with E-state index in [0.29, 0.717) is 5.69 Å². The fourth-order valence-electron chi connectivity index (χ4n) is 1.92. The van der Waals surface area contributed by atoms with Crippen molar-refractivity contribution < 1.29 is 27.7 Å². The highest BCUT2D eigenvalue weighted by Crippen LogP contribution is 2.26. The molecule has 1 aromatic carbocycles. The van der Waals surface area contributed by atoms with Crippen molar-refractivity contribution in [2.24, 2.45) is 5.92 Å². The predicted molar refractivity (Wildman–Crippen MR) is 64.4 cm³/mol. The van der Waals surface area contributed by atoms with Crippen molar-refractivity contribution in [1.29, 1.82) is 0 Å². The molecule has 8 heteroatoms.